The molecule has 192 valence electrons. The summed E-state index contributed by atoms with van der Waals surface area (Å²) in [4.78, 5) is 0. The fourth-order valence-corrected chi connectivity index (χ4v) is 3.97. The van der Waals surface area contributed by atoms with Gasteiger partial charge in [0.05, 0.1) is 0 Å². The molecule has 0 fully saturated rings. The minimum absolute atomic E-state index is 0.685. The van der Waals surface area contributed by atoms with Crippen LogP contribution in [0.1, 0.15) is 35.6 Å². The number of benzene rings is 4. The molecular weight excluding hydrogens is 456 g/mol. The second kappa shape index (κ2) is 16.6. The van der Waals surface area contributed by atoms with Gasteiger partial charge in [-0.25, -0.2) is 0 Å². The fraction of sp³-hybridized carbons (Fsp3) is 0.158. The Kier molecular flexibility index (Phi) is 12.4. The Labute approximate surface area is 230 Å². The first kappa shape index (κ1) is 28.4. The molecular formula is C38H40. The average molecular weight is 497 g/mol. The number of rotatable bonds is 0. The first-order chi connectivity index (χ1) is 18.6. The Morgan fingerprint density at radius 1 is 0.553 bits per heavy atom. The van der Waals surface area contributed by atoms with Crippen molar-refractivity contribution in [3.8, 4) is 0 Å². The molecule has 7 rings (SSSR count). The van der Waals surface area contributed by atoms with Crippen molar-refractivity contribution in [3.05, 3.63) is 174 Å². The first-order valence-electron chi connectivity index (χ1n) is 13.5. The summed E-state index contributed by atoms with van der Waals surface area (Å²) in [7, 11) is 0. The molecule has 4 aromatic carbocycles. The van der Waals surface area contributed by atoms with Crippen molar-refractivity contribution in [1.29, 1.82) is 0 Å². The van der Waals surface area contributed by atoms with E-state index in [9.17, 15) is 0 Å². The van der Waals surface area contributed by atoms with E-state index >= 15 is 0 Å². The first-order valence-corrected chi connectivity index (χ1v) is 13.5. The highest BCUT2D eigenvalue weighted by atomic mass is 14.0. The molecule has 38 heavy (non-hydrogen) atoms. The molecule has 0 spiro atoms. The van der Waals surface area contributed by atoms with Crippen molar-refractivity contribution in [3.63, 3.8) is 0 Å². The Morgan fingerprint density at radius 2 is 1.18 bits per heavy atom. The van der Waals surface area contributed by atoms with E-state index in [0.717, 1.165) is 12.8 Å². The number of hydrogen-bond acceptors (Lipinski definition) is 0. The third-order valence-corrected chi connectivity index (χ3v) is 6.13. The Bertz CT molecular complexity index is 1360. The van der Waals surface area contributed by atoms with Gasteiger partial charge in [0, 0.05) is 0 Å². The van der Waals surface area contributed by atoms with Crippen LogP contribution in [0.15, 0.2) is 152 Å². The number of aryl methyl sites for hydroxylation is 2. The molecule has 0 aliphatic heterocycles. The van der Waals surface area contributed by atoms with E-state index in [2.05, 4.69) is 160 Å². The maximum atomic E-state index is 2.20. The minimum Gasteiger partial charge on any atom is -0.0808 e. The number of allylic oxidation sites excluding steroid dienone is 9. The van der Waals surface area contributed by atoms with Crippen LogP contribution in [0.2, 0.25) is 0 Å². The van der Waals surface area contributed by atoms with Crippen molar-refractivity contribution in [2.24, 2.45) is 5.92 Å². The SMILES string of the molecule is C1=CCC=C1.C1=Cc2ccccc2C1.CC1C=CC=C1.Cc1ccc2ccccc2c1.Cc1ccccc1. The van der Waals surface area contributed by atoms with Crippen LogP contribution in [-0.2, 0) is 6.42 Å². The molecule has 0 nitrogen and oxygen atoms in total. The highest BCUT2D eigenvalue weighted by molar-refractivity contribution is 5.82. The van der Waals surface area contributed by atoms with E-state index in [1.54, 1.807) is 0 Å². The van der Waals surface area contributed by atoms with E-state index in [1.807, 2.05) is 18.2 Å². The third kappa shape index (κ3) is 10.8. The van der Waals surface area contributed by atoms with Gasteiger partial charge in [0.15, 0.2) is 0 Å². The summed E-state index contributed by atoms with van der Waals surface area (Å²) in [5.41, 5.74) is 5.49. The van der Waals surface area contributed by atoms with Crippen LogP contribution in [0, 0.1) is 19.8 Å². The summed E-state index contributed by atoms with van der Waals surface area (Å²) < 4.78 is 0. The standard InChI is InChI=1S/C11H10.C9H8.C7H8.C6H8.C5H6/c1-9-6-7-10-4-2-3-5-11(10)8-9;1-2-5-9-7-3-6-8(9)4-1;1-7-5-3-2-4-6-7;1-6-4-2-3-5-6;1-2-4-5-3-1/h2-8H,1H3;1-6H,7H2;2-6H,1H3;2-6H,1H3;1-4H,5H2. The molecule has 3 aliphatic carbocycles. The predicted octanol–water partition coefficient (Wildman–Crippen LogP) is 10.7. The molecule has 0 atom stereocenters. The van der Waals surface area contributed by atoms with Gasteiger partial charge in [-0.2, -0.15) is 0 Å². The summed E-state index contributed by atoms with van der Waals surface area (Å²) in [5.74, 6) is 0.685. The van der Waals surface area contributed by atoms with Gasteiger partial charge in [-0.05, 0) is 54.5 Å². The Morgan fingerprint density at radius 3 is 1.74 bits per heavy atom. The van der Waals surface area contributed by atoms with Crippen LogP contribution in [0.4, 0.5) is 0 Å². The van der Waals surface area contributed by atoms with Crippen molar-refractivity contribution in [1.82, 2.24) is 0 Å². The van der Waals surface area contributed by atoms with E-state index in [-0.39, 0.29) is 0 Å². The normalized spacial score (nSPS) is 13.3. The predicted molar refractivity (Wildman–Crippen MR) is 169 cm³/mol. The molecule has 0 amide bonds. The second-order valence-electron chi connectivity index (χ2n) is 9.53. The molecule has 3 aliphatic rings. The molecule has 4 aromatic rings. The quantitative estimate of drug-likeness (QED) is 0.227. The molecule has 0 saturated carbocycles. The van der Waals surface area contributed by atoms with Gasteiger partial charge in [0.1, 0.15) is 0 Å². The Balaban J connectivity index is 0.000000135. The lowest BCUT2D eigenvalue weighted by molar-refractivity contribution is 0.958. The Hall–Kier alpha value is -4.16. The lowest BCUT2D eigenvalue weighted by atomic mass is 10.1. The van der Waals surface area contributed by atoms with E-state index in [0.29, 0.717) is 5.92 Å². The second-order valence-corrected chi connectivity index (χ2v) is 9.53. The zero-order valence-corrected chi connectivity index (χ0v) is 23.0. The van der Waals surface area contributed by atoms with Gasteiger partial charge < -0.3 is 0 Å². The van der Waals surface area contributed by atoms with E-state index in [4.69, 9.17) is 0 Å². The third-order valence-electron chi connectivity index (χ3n) is 6.13. The molecule has 0 radical (unpaired) electrons. The van der Waals surface area contributed by atoms with Crippen LogP contribution in [0.5, 0.6) is 0 Å². The van der Waals surface area contributed by atoms with E-state index in [1.165, 1.54) is 33.0 Å². The zero-order chi connectivity index (χ0) is 26.8. The van der Waals surface area contributed by atoms with Crippen LogP contribution in [0.25, 0.3) is 16.8 Å². The monoisotopic (exact) mass is 496 g/mol. The molecule has 0 heterocycles. The maximum Gasteiger partial charge on any atom is -0.00756 e. The van der Waals surface area contributed by atoms with Gasteiger partial charge in [0.2, 0.25) is 0 Å². The minimum atomic E-state index is 0.685. The van der Waals surface area contributed by atoms with Crippen LogP contribution in [-0.4, -0.2) is 0 Å². The smallest absolute Gasteiger partial charge is 0.00756 e. The molecule has 0 unspecified atom stereocenters. The van der Waals surface area contributed by atoms with Crippen molar-refractivity contribution >= 4 is 16.8 Å². The molecule has 0 N–H and O–H groups in total. The molecule has 0 heteroatoms. The van der Waals surface area contributed by atoms with E-state index < -0.39 is 0 Å². The molecule has 0 saturated heterocycles. The molecule has 0 aromatic heterocycles. The summed E-state index contributed by atoms with van der Waals surface area (Å²) in [6.45, 7) is 6.37. The van der Waals surface area contributed by atoms with Crippen molar-refractivity contribution < 1.29 is 0 Å². The fourth-order valence-electron chi connectivity index (χ4n) is 3.97. The lowest BCUT2D eigenvalue weighted by Crippen LogP contribution is -1.76. The van der Waals surface area contributed by atoms with Gasteiger partial charge in [0.25, 0.3) is 0 Å². The number of hydrogen-bond donors (Lipinski definition) is 0. The van der Waals surface area contributed by atoms with Crippen molar-refractivity contribution in [2.75, 3.05) is 0 Å². The summed E-state index contributed by atoms with van der Waals surface area (Å²) in [6.07, 6.45) is 23.5. The molecule has 0 bridgehead atoms. The lowest BCUT2D eigenvalue weighted by Gasteiger charge is -1.96. The van der Waals surface area contributed by atoms with Gasteiger partial charge in [-0.1, -0.05) is 176 Å². The summed E-state index contributed by atoms with van der Waals surface area (Å²) in [6, 6.07) is 33.7. The van der Waals surface area contributed by atoms with Gasteiger partial charge >= 0.3 is 0 Å². The summed E-state index contributed by atoms with van der Waals surface area (Å²) >= 11 is 0. The average Bonchev–Trinajstić information content (AvgIpc) is 3.75. The zero-order valence-electron chi connectivity index (χ0n) is 23.0. The van der Waals surface area contributed by atoms with Crippen LogP contribution in [0.3, 0.4) is 0 Å². The van der Waals surface area contributed by atoms with Gasteiger partial charge in [-0.3, -0.25) is 0 Å². The maximum absolute atomic E-state index is 2.20. The summed E-state index contributed by atoms with van der Waals surface area (Å²) in [5, 5.41) is 2.64. The topological polar surface area (TPSA) is 0 Å². The van der Waals surface area contributed by atoms with Crippen LogP contribution >= 0.6 is 0 Å². The van der Waals surface area contributed by atoms with Crippen LogP contribution < -0.4 is 0 Å². The largest absolute Gasteiger partial charge is 0.0808 e. The highest BCUT2D eigenvalue weighted by Gasteiger charge is 2.00. The van der Waals surface area contributed by atoms with Crippen molar-refractivity contribution in [2.45, 2.75) is 33.6 Å². The number of fused-ring (bicyclic) bond motifs is 2. The van der Waals surface area contributed by atoms with Gasteiger partial charge in [-0.15, -0.1) is 0 Å². The highest BCUT2D eigenvalue weighted by Crippen LogP contribution is 2.17.